The van der Waals surface area contributed by atoms with Gasteiger partial charge in [-0.25, -0.2) is 12.8 Å². The third-order valence-electron chi connectivity index (χ3n) is 4.25. The lowest BCUT2D eigenvalue weighted by atomic mass is 9.99. The van der Waals surface area contributed by atoms with Crippen LogP contribution >= 0.6 is 0 Å². The summed E-state index contributed by atoms with van der Waals surface area (Å²) in [6.07, 6.45) is 1.24. The Kier molecular flexibility index (Phi) is 5.15. The normalized spacial score (nSPS) is 18.7. The molecule has 1 fully saturated rings. The summed E-state index contributed by atoms with van der Waals surface area (Å²) >= 11 is 0. The minimum Gasteiger partial charge on any atom is -0.326 e. The van der Waals surface area contributed by atoms with Gasteiger partial charge < -0.3 is 5.32 Å². The molecular formula is C18H19FN2O3S. The molecule has 0 spiro atoms. The highest BCUT2D eigenvalue weighted by Crippen LogP contribution is 2.24. The zero-order valence-electron chi connectivity index (χ0n) is 13.6. The topological polar surface area (TPSA) is 66.5 Å². The van der Waals surface area contributed by atoms with Gasteiger partial charge in [0.15, 0.2) is 0 Å². The Hall–Kier alpha value is -2.25. The summed E-state index contributed by atoms with van der Waals surface area (Å²) in [5.41, 5.74) is 0.495. The van der Waals surface area contributed by atoms with Crippen LogP contribution in [0.1, 0.15) is 12.8 Å². The van der Waals surface area contributed by atoms with Crippen LogP contribution in [0.5, 0.6) is 0 Å². The SMILES string of the molecule is O=C(Nc1ccc(F)cc1)[C@@H]1CCCN(S(=O)(=O)c2ccccc2)C1. The number of anilines is 1. The van der Waals surface area contributed by atoms with Crippen LogP contribution in [-0.4, -0.2) is 31.7 Å². The Balaban J connectivity index is 1.70. The molecule has 1 heterocycles. The van der Waals surface area contributed by atoms with Crippen molar-refractivity contribution in [2.24, 2.45) is 5.92 Å². The molecule has 0 radical (unpaired) electrons. The molecule has 3 rings (SSSR count). The lowest BCUT2D eigenvalue weighted by Gasteiger charge is -2.31. The molecule has 1 N–H and O–H groups in total. The Morgan fingerprint density at radius 1 is 1.08 bits per heavy atom. The van der Waals surface area contributed by atoms with Crippen molar-refractivity contribution in [3.05, 3.63) is 60.4 Å². The van der Waals surface area contributed by atoms with Crippen LogP contribution in [0.2, 0.25) is 0 Å². The van der Waals surface area contributed by atoms with Crippen LogP contribution in [0.15, 0.2) is 59.5 Å². The van der Waals surface area contributed by atoms with Crippen molar-refractivity contribution in [1.82, 2.24) is 4.31 Å². The Labute approximate surface area is 146 Å². The number of hydrogen-bond acceptors (Lipinski definition) is 3. The van der Waals surface area contributed by atoms with Crippen LogP contribution in [-0.2, 0) is 14.8 Å². The fourth-order valence-electron chi connectivity index (χ4n) is 2.89. The third-order valence-corrected chi connectivity index (χ3v) is 6.13. The van der Waals surface area contributed by atoms with E-state index in [4.69, 9.17) is 0 Å². The summed E-state index contributed by atoms with van der Waals surface area (Å²) in [4.78, 5) is 12.7. The smallest absolute Gasteiger partial charge is 0.243 e. The monoisotopic (exact) mass is 362 g/mol. The zero-order chi connectivity index (χ0) is 17.9. The first-order valence-electron chi connectivity index (χ1n) is 8.08. The van der Waals surface area contributed by atoms with Gasteiger partial charge >= 0.3 is 0 Å². The van der Waals surface area contributed by atoms with E-state index < -0.39 is 15.9 Å². The van der Waals surface area contributed by atoms with Crippen molar-refractivity contribution in [1.29, 1.82) is 0 Å². The average Bonchev–Trinajstić information content (AvgIpc) is 2.64. The van der Waals surface area contributed by atoms with E-state index in [2.05, 4.69) is 5.32 Å². The van der Waals surface area contributed by atoms with E-state index in [0.29, 0.717) is 25.1 Å². The molecule has 0 bridgehead atoms. The number of hydrogen-bond donors (Lipinski definition) is 1. The molecule has 0 aliphatic carbocycles. The van der Waals surface area contributed by atoms with Gasteiger partial charge in [-0.15, -0.1) is 0 Å². The quantitative estimate of drug-likeness (QED) is 0.909. The molecule has 2 aromatic carbocycles. The molecule has 132 valence electrons. The van der Waals surface area contributed by atoms with Crippen molar-refractivity contribution in [2.45, 2.75) is 17.7 Å². The van der Waals surface area contributed by atoms with Crippen LogP contribution in [0.25, 0.3) is 0 Å². The van der Waals surface area contributed by atoms with Gasteiger partial charge in [0.25, 0.3) is 0 Å². The van der Waals surface area contributed by atoms with E-state index >= 15 is 0 Å². The van der Waals surface area contributed by atoms with Crippen LogP contribution in [0.3, 0.4) is 0 Å². The molecule has 0 unspecified atom stereocenters. The summed E-state index contributed by atoms with van der Waals surface area (Å²) in [7, 11) is -3.60. The van der Waals surface area contributed by atoms with E-state index in [1.54, 1.807) is 30.3 Å². The molecule has 1 amide bonds. The first kappa shape index (κ1) is 17.6. The van der Waals surface area contributed by atoms with Crippen LogP contribution < -0.4 is 5.32 Å². The van der Waals surface area contributed by atoms with Gasteiger partial charge in [0.1, 0.15) is 5.82 Å². The van der Waals surface area contributed by atoms with Gasteiger partial charge in [-0.2, -0.15) is 4.31 Å². The Morgan fingerprint density at radius 2 is 1.76 bits per heavy atom. The number of nitrogens with zero attached hydrogens (tertiary/aromatic N) is 1. The van der Waals surface area contributed by atoms with E-state index in [1.807, 2.05) is 0 Å². The first-order valence-corrected chi connectivity index (χ1v) is 9.52. The minimum atomic E-state index is -3.60. The number of carbonyl (C=O) groups excluding carboxylic acids is 1. The predicted molar refractivity (Wildman–Crippen MR) is 93.0 cm³/mol. The molecule has 7 heteroatoms. The maximum Gasteiger partial charge on any atom is 0.243 e. The van der Waals surface area contributed by atoms with Crippen molar-refractivity contribution in [3.8, 4) is 0 Å². The number of carbonyl (C=O) groups is 1. The number of rotatable bonds is 4. The molecular weight excluding hydrogens is 343 g/mol. The highest BCUT2D eigenvalue weighted by atomic mass is 32.2. The average molecular weight is 362 g/mol. The summed E-state index contributed by atoms with van der Waals surface area (Å²) < 4.78 is 39.7. The number of sulfonamides is 1. The summed E-state index contributed by atoms with van der Waals surface area (Å²) in [5, 5.41) is 2.72. The number of amides is 1. The number of nitrogens with one attached hydrogen (secondary N) is 1. The molecule has 2 aromatic rings. The standard InChI is InChI=1S/C18H19FN2O3S/c19-15-8-10-16(11-9-15)20-18(22)14-5-4-12-21(13-14)25(23,24)17-6-2-1-3-7-17/h1-3,6-11,14H,4-5,12-13H2,(H,20,22)/t14-/m1/s1. The van der Waals surface area contributed by atoms with Gasteiger partial charge in [0, 0.05) is 18.8 Å². The molecule has 1 aliphatic rings. The molecule has 1 saturated heterocycles. The summed E-state index contributed by atoms with van der Waals surface area (Å²) in [6, 6.07) is 13.7. The fourth-order valence-corrected chi connectivity index (χ4v) is 4.44. The maximum atomic E-state index is 12.9. The number of piperidine rings is 1. The van der Waals surface area contributed by atoms with E-state index in [9.17, 15) is 17.6 Å². The second-order valence-corrected chi connectivity index (χ2v) is 7.95. The largest absolute Gasteiger partial charge is 0.326 e. The predicted octanol–water partition coefficient (Wildman–Crippen LogP) is 2.87. The molecule has 5 nitrogen and oxygen atoms in total. The highest BCUT2D eigenvalue weighted by molar-refractivity contribution is 7.89. The van der Waals surface area contributed by atoms with Crippen LogP contribution in [0.4, 0.5) is 10.1 Å². The van der Waals surface area contributed by atoms with Crippen molar-refractivity contribution >= 4 is 21.6 Å². The van der Waals surface area contributed by atoms with Gasteiger partial charge in [-0.1, -0.05) is 18.2 Å². The van der Waals surface area contributed by atoms with E-state index in [1.165, 1.54) is 28.6 Å². The van der Waals surface area contributed by atoms with E-state index in [0.717, 1.165) is 0 Å². The number of benzene rings is 2. The second kappa shape index (κ2) is 7.33. The van der Waals surface area contributed by atoms with Gasteiger partial charge in [0.05, 0.1) is 10.8 Å². The van der Waals surface area contributed by atoms with Gasteiger partial charge in [0.2, 0.25) is 15.9 Å². The van der Waals surface area contributed by atoms with Gasteiger partial charge in [-0.05, 0) is 49.2 Å². The minimum absolute atomic E-state index is 0.143. The summed E-state index contributed by atoms with van der Waals surface area (Å²) in [5.74, 6) is -1.06. The molecule has 0 saturated carbocycles. The van der Waals surface area contributed by atoms with Crippen molar-refractivity contribution < 1.29 is 17.6 Å². The zero-order valence-corrected chi connectivity index (χ0v) is 14.4. The van der Waals surface area contributed by atoms with Crippen LogP contribution in [0, 0.1) is 11.7 Å². The Bertz CT molecular complexity index is 838. The molecule has 0 aromatic heterocycles. The first-order chi connectivity index (χ1) is 12.0. The Morgan fingerprint density at radius 3 is 2.44 bits per heavy atom. The molecule has 1 aliphatic heterocycles. The fraction of sp³-hybridized carbons (Fsp3) is 0.278. The molecule has 1 atom stereocenters. The highest BCUT2D eigenvalue weighted by Gasteiger charge is 2.33. The lowest BCUT2D eigenvalue weighted by molar-refractivity contribution is -0.120. The lowest BCUT2D eigenvalue weighted by Crippen LogP contribution is -2.43. The summed E-state index contributed by atoms with van der Waals surface area (Å²) in [6.45, 7) is 0.543. The maximum absolute atomic E-state index is 12.9. The van der Waals surface area contributed by atoms with Crippen molar-refractivity contribution in [2.75, 3.05) is 18.4 Å². The van der Waals surface area contributed by atoms with Crippen molar-refractivity contribution in [3.63, 3.8) is 0 Å². The third kappa shape index (κ3) is 4.05. The second-order valence-electron chi connectivity index (χ2n) is 6.01. The number of halogens is 1. The van der Waals surface area contributed by atoms with E-state index in [-0.39, 0.29) is 23.2 Å². The molecule has 25 heavy (non-hydrogen) atoms. The van der Waals surface area contributed by atoms with Gasteiger partial charge in [-0.3, -0.25) is 4.79 Å².